The van der Waals surface area contributed by atoms with Gasteiger partial charge in [-0.3, -0.25) is 4.79 Å². The highest BCUT2D eigenvalue weighted by Crippen LogP contribution is 2.38. The highest BCUT2D eigenvalue weighted by Gasteiger charge is 2.20. The van der Waals surface area contributed by atoms with Gasteiger partial charge in [0.2, 0.25) is 5.91 Å². The monoisotopic (exact) mass is 524 g/mol. The number of aromatic nitrogens is 4. The number of carbonyl (C=O) groups excluding carboxylic acids is 1. The van der Waals surface area contributed by atoms with Crippen LogP contribution < -0.4 is 16.2 Å². The molecule has 8 nitrogen and oxygen atoms in total. The van der Waals surface area contributed by atoms with E-state index in [1.165, 1.54) is 11.9 Å². The molecule has 1 aliphatic heterocycles. The number of carbonyl (C=O) groups is 1. The number of hydrogen-bond acceptors (Lipinski definition) is 7. The van der Waals surface area contributed by atoms with Gasteiger partial charge in [0.05, 0.1) is 6.61 Å². The highest BCUT2D eigenvalue weighted by atomic mass is 127. The molecule has 152 valence electrons. The van der Waals surface area contributed by atoms with E-state index >= 15 is 0 Å². The van der Waals surface area contributed by atoms with Gasteiger partial charge in [0.15, 0.2) is 22.1 Å². The van der Waals surface area contributed by atoms with E-state index < -0.39 is 0 Å². The topological polar surface area (TPSA) is 122 Å². The first-order valence-corrected chi connectivity index (χ1v) is 11.3. The summed E-state index contributed by atoms with van der Waals surface area (Å²) in [6, 6.07) is 4.26. The zero-order valence-electron chi connectivity index (χ0n) is 15.7. The van der Waals surface area contributed by atoms with Gasteiger partial charge in [0.25, 0.3) is 0 Å². The van der Waals surface area contributed by atoms with Crippen LogP contribution in [0, 0.1) is 3.57 Å². The molecule has 4 N–H and O–H groups in total. The predicted molar refractivity (Wildman–Crippen MR) is 120 cm³/mol. The zero-order valence-corrected chi connectivity index (χ0v) is 18.7. The fourth-order valence-corrected chi connectivity index (χ4v) is 5.12. The van der Waals surface area contributed by atoms with Crippen LogP contribution in [0.25, 0.3) is 11.2 Å². The van der Waals surface area contributed by atoms with Gasteiger partial charge in [-0.05, 0) is 53.1 Å². The van der Waals surface area contributed by atoms with Crippen molar-refractivity contribution in [3.63, 3.8) is 0 Å². The quantitative estimate of drug-likeness (QED) is 0.343. The Hall–Kier alpha value is -2.08. The Morgan fingerprint density at radius 1 is 1.28 bits per heavy atom. The molecule has 1 aliphatic rings. The van der Waals surface area contributed by atoms with Crippen molar-refractivity contribution in [1.82, 2.24) is 19.5 Å². The number of amides is 1. The van der Waals surface area contributed by atoms with Crippen LogP contribution in [-0.2, 0) is 17.8 Å². The van der Waals surface area contributed by atoms with Crippen molar-refractivity contribution in [3.8, 4) is 5.75 Å². The molecule has 0 unspecified atom stereocenters. The van der Waals surface area contributed by atoms with E-state index in [1.54, 1.807) is 11.8 Å². The summed E-state index contributed by atoms with van der Waals surface area (Å²) in [6.45, 7) is 1.46. The first kappa shape index (κ1) is 20.2. The number of aryl methyl sites for hydroxylation is 1. The Bertz CT molecular complexity index is 1070. The molecule has 0 aliphatic carbocycles. The Kier molecular flexibility index (Phi) is 6.09. The number of nitrogens with zero attached hydrogens (tertiary/aromatic N) is 4. The maximum atomic E-state index is 10.9. The number of anilines is 1. The second kappa shape index (κ2) is 8.74. The third-order valence-corrected chi connectivity index (χ3v) is 7.09. The van der Waals surface area contributed by atoms with Crippen molar-refractivity contribution >= 4 is 57.2 Å². The van der Waals surface area contributed by atoms with Gasteiger partial charge in [-0.2, -0.15) is 0 Å². The van der Waals surface area contributed by atoms with Gasteiger partial charge >= 0.3 is 0 Å². The lowest BCUT2D eigenvalue weighted by molar-refractivity contribution is -0.118. The normalized spacial score (nSPS) is 12.9. The van der Waals surface area contributed by atoms with Crippen LogP contribution in [0.15, 0.2) is 28.5 Å². The number of imidazole rings is 1. The number of unbranched alkanes of at least 4 members (excludes halogenated alkanes) is 2. The Labute approximate surface area is 186 Å². The zero-order chi connectivity index (χ0) is 20.4. The molecule has 2 aromatic heterocycles. The predicted octanol–water partition coefficient (Wildman–Crippen LogP) is 3.14. The summed E-state index contributed by atoms with van der Waals surface area (Å²) in [7, 11) is 0. The molecule has 0 saturated carbocycles. The summed E-state index contributed by atoms with van der Waals surface area (Å²) in [5.74, 6) is 1.06. The Morgan fingerprint density at radius 3 is 2.97 bits per heavy atom. The van der Waals surface area contributed by atoms with Crippen molar-refractivity contribution in [2.75, 3.05) is 12.3 Å². The third-order valence-electron chi connectivity index (χ3n) is 4.78. The van der Waals surface area contributed by atoms with Crippen LogP contribution in [-0.4, -0.2) is 32.0 Å². The van der Waals surface area contributed by atoms with Gasteiger partial charge in [-0.1, -0.05) is 18.2 Å². The van der Waals surface area contributed by atoms with E-state index in [-0.39, 0.29) is 5.91 Å². The third kappa shape index (κ3) is 4.42. The molecular weight excluding hydrogens is 503 g/mol. The highest BCUT2D eigenvalue weighted by molar-refractivity contribution is 14.1. The van der Waals surface area contributed by atoms with Crippen molar-refractivity contribution < 1.29 is 9.53 Å². The number of benzene rings is 1. The van der Waals surface area contributed by atoms with Gasteiger partial charge in [-0.25, -0.2) is 15.0 Å². The average Bonchev–Trinajstić information content (AvgIpc) is 3.27. The van der Waals surface area contributed by atoms with Crippen molar-refractivity contribution in [2.45, 2.75) is 48.7 Å². The lowest BCUT2D eigenvalue weighted by Gasteiger charge is -2.10. The fraction of sp³-hybridized carbons (Fsp3) is 0.368. The van der Waals surface area contributed by atoms with E-state index in [2.05, 4.69) is 49.3 Å². The van der Waals surface area contributed by atoms with Crippen molar-refractivity contribution in [3.05, 3.63) is 27.6 Å². The minimum Gasteiger partial charge on any atom is -0.493 e. The van der Waals surface area contributed by atoms with Gasteiger partial charge in [-0.15, -0.1) is 0 Å². The molecule has 0 bridgehead atoms. The molecule has 1 amide bonds. The van der Waals surface area contributed by atoms with Gasteiger partial charge in [0, 0.05) is 27.9 Å². The smallest absolute Gasteiger partial charge is 0.217 e. The second-order valence-corrected chi connectivity index (χ2v) is 9.02. The minimum atomic E-state index is -0.261. The average molecular weight is 524 g/mol. The Balaban J connectivity index is 1.61. The molecule has 3 heterocycles. The summed E-state index contributed by atoms with van der Waals surface area (Å²) in [5.41, 5.74) is 13.8. The number of primary amides is 1. The first-order chi connectivity index (χ1) is 14.0. The number of fused-ring (bicyclic) bond motifs is 2. The number of halogens is 1. The SMILES string of the molecule is NC(=O)CCCCCn1c(Sc2cc3c(cc2I)CCO3)nc2c(N)ncnc21. The van der Waals surface area contributed by atoms with Gasteiger partial charge in [0.1, 0.15) is 12.1 Å². The minimum absolute atomic E-state index is 0.261. The molecule has 3 aromatic rings. The molecule has 0 saturated heterocycles. The maximum absolute atomic E-state index is 10.9. The summed E-state index contributed by atoms with van der Waals surface area (Å²) < 4.78 is 8.97. The lowest BCUT2D eigenvalue weighted by Crippen LogP contribution is -2.09. The van der Waals surface area contributed by atoms with E-state index in [0.29, 0.717) is 17.8 Å². The lowest BCUT2D eigenvalue weighted by atomic mass is 10.2. The van der Waals surface area contributed by atoms with Crippen LogP contribution in [0.1, 0.15) is 31.2 Å². The van der Waals surface area contributed by atoms with Crippen LogP contribution in [0.2, 0.25) is 0 Å². The fourth-order valence-electron chi connectivity index (χ4n) is 3.31. The summed E-state index contributed by atoms with van der Waals surface area (Å²) >= 11 is 3.93. The second-order valence-electron chi connectivity index (χ2n) is 6.84. The van der Waals surface area contributed by atoms with E-state index in [9.17, 15) is 4.79 Å². The number of hydrogen-bond donors (Lipinski definition) is 2. The number of ether oxygens (including phenoxy) is 1. The van der Waals surface area contributed by atoms with E-state index in [4.69, 9.17) is 21.2 Å². The molecule has 1 aromatic carbocycles. The first-order valence-electron chi connectivity index (χ1n) is 9.41. The number of rotatable bonds is 8. The van der Waals surface area contributed by atoms with Crippen LogP contribution >= 0.6 is 34.4 Å². The molecule has 0 radical (unpaired) electrons. The molecule has 0 fully saturated rings. The van der Waals surface area contributed by atoms with E-state index in [1.807, 2.05) is 0 Å². The maximum Gasteiger partial charge on any atom is 0.217 e. The van der Waals surface area contributed by atoms with Crippen LogP contribution in [0.5, 0.6) is 5.75 Å². The van der Waals surface area contributed by atoms with Gasteiger partial charge < -0.3 is 20.8 Å². The molecule has 4 rings (SSSR count). The molecule has 0 atom stereocenters. The van der Waals surface area contributed by atoms with E-state index in [0.717, 1.165) is 63.9 Å². The van der Waals surface area contributed by atoms with Crippen molar-refractivity contribution in [2.24, 2.45) is 5.73 Å². The molecule has 29 heavy (non-hydrogen) atoms. The summed E-state index contributed by atoms with van der Waals surface area (Å²) in [4.78, 5) is 25.2. The molecular formula is C19H21IN6O2S. The largest absolute Gasteiger partial charge is 0.493 e. The summed E-state index contributed by atoms with van der Waals surface area (Å²) in [6.07, 6.45) is 5.39. The van der Waals surface area contributed by atoms with Crippen LogP contribution in [0.3, 0.4) is 0 Å². The number of nitrogens with two attached hydrogens (primary N) is 2. The summed E-state index contributed by atoms with van der Waals surface area (Å²) in [5, 5.41) is 0.818. The molecule has 10 heteroatoms. The number of nitrogen functional groups attached to an aromatic ring is 1. The standard InChI is InChI=1S/C19H21IN6O2S/c20-12-8-11-5-7-28-13(11)9-14(12)29-19-25-16-17(22)23-10-24-18(16)26(19)6-3-1-2-4-15(21)27/h8-10H,1-7H2,(H2,21,27)(H2,22,23,24). The van der Waals surface area contributed by atoms with Crippen molar-refractivity contribution in [1.29, 1.82) is 0 Å². The Morgan fingerprint density at radius 2 is 2.14 bits per heavy atom. The molecule has 0 spiro atoms. The van der Waals surface area contributed by atoms with Crippen LogP contribution in [0.4, 0.5) is 5.82 Å².